The molecule has 0 spiro atoms. The first kappa shape index (κ1) is 24.2. The third-order valence-corrected chi connectivity index (χ3v) is 7.76. The maximum atomic E-state index is 6.32. The third-order valence-electron chi connectivity index (χ3n) is 7.76. The molecule has 0 N–H and O–H groups in total. The van der Waals surface area contributed by atoms with Crippen molar-refractivity contribution in [2.75, 3.05) is 0 Å². The highest BCUT2D eigenvalue weighted by Gasteiger charge is 2.16. The van der Waals surface area contributed by atoms with Crippen LogP contribution in [0.25, 0.3) is 66.6 Å². The number of fused-ring (bicyclic) bond motifs is 4. The molecule has 8 rings (SSSR count). The van der Waals surface area contributed by atoms with Crippen LogP contribution in [-0.2, 0) is 6.42 Å². The normalized spacial score (nSPS) is 11.4. The lowest BCUT2D eigenvalue weighted by atomic mass is 9.98. The van der Waals surface area contributed by atoms with Gasteiger partial charge in [-0.2, -0.15) is 0 Å². The van der Waals surface area contributed by atoms with E-state index in [-0.39, 0.29) is 0 Å². The number of nitrogens with zero attached hydrogens (tertiary/aromatic N) is 3. The van der Waals surface area contributed by atoms with Crippen molar-refractivity contribution in [2.24, 2.45) is 0 Å². The van der Waals surface area contributed by atoms with Gasteiger partial charge in [0.05, 0.1) is 0 Å². The van der Waals surface area contributed by atoms with E-state index >= 15 is 0 Å². The Morgan fingerprint density at radius 3 is 1.83 bits per heavy atom. The fraction of sp³-hybridized carbons (Fsp3) is 0.0263. The molecule has 0 unspecified atom stereocenters. The van der Waals surface area contributed by atoms with E-state index in [1.807, 2.05) is 72.8 Å². The Balaban J connectivity index is 1.26. The molecule has 0 saturated carbocycles. The molecule has 198 valence electrons. The lowest BCUT2D eigenvalue weighted by Crippen LogP contribution is -2.04. The molecule has 0 aliphatic rings. The standard InChI is InChI=1S/C38H25N3O/c1-3-11-26(12-4-1)37-39-35(40-38(41-37)27-13-5-2-6-14-27)24-31-16-9-17-34-36(31)32-23-30(20-21-33(32)42-34)29-19-18-25-10-7-8-15-28(25)22-29/h1-23H,24H2. The third kappa shape index (κ3) is 4.40. The maximum Gasteiger partial charge on any atom is 0.163 e. The molecule has 0 amide bonds. The molecule has 2 aromatic heterocycles. The number of hydrogen-bond donors (Lipinski definition) is 0. The average Bonchev–Trinajstić information content (AvgIpc) is 3.44. The fourth-order valence-electron chi connectivity index (χ4n) is 5.70. The quantitative estimate of drug-likeness (QED) is 0.219. The van der Waals surface area contributed by atoms with Gasteiger partial charge in [-0.1, -0.05) is 115 Å². The molecule has 0 radical (unpaired) electrons. The van der Waals surface area contributed by atoms with Gasteiger partial charge in [0.25, 0.3) is 0 Å². The van der Waals surface area contributed by atoms with E-state index in [0.29, 0.717) is 18.1 Å². The fourth-order valence-corrected chi connectivity index (χ4v) is 5.70. The van der Waals surface area contributed by atoms with Crippen molar-refractivity contribution >= 4 is 32.7 Å². The van der Waals surface area contributed by atoms with Crippen molar-refractivity contribution in [2.45, 2.75) is 6.42 Å². The zero-order chi connectivity index (χ0) is 27.9. The van der Waals surface area contributed by atoms with Crippen LogP contribution in [-0.4, -0.2) is 15.0 Å². The van der Waals surface area contributed by atoms with Crippen molar-refractivity contribution in [3.8, 4) is 33.9 Å². The first-order valence-electron chi connectivity index (χ1n) is 14.1. The highest BCUT2D eigenvalue weighted by molar-refractivity contribution is 6.08. The zero-order valence-corrected chi connectivity index (χ0v) is 22.7. The molecule has 4 heteroatoms. The molecule has 8 aromatic rings. The molecule has 2 heterocycles. The predicted molar refractivity (Wildman–Crippen MR) is 170 cm³/mol. The second-order valence-electron chi connectivity index (χ2n) is 10.5. The van der Waals surface area contributed by atoms with Gasteiger partial charge < -0.3 is 4.42 Å². The van der Waals surface area contributed by atoms with E-state index in [0.717, 1.165) is 50.0 Å². The monoisotopic (exact) mass is 539 g/mol. The predicted octanol–water partition coefficient (Wildman–Crippen LogP) is 9.52. The zero-order valence-electron chi connectivity index (χ0n) is 22.7. The molecule has 6 aromatic carbocycles. The van der Waals surface area contributed by atoms with Crippen LogP contribution in [0, 0.1) is 0 Å². The van der Waals surface area contributed by atoms with Crippen LogP contribution >= 0.6 is 0 Å². The van der Waals surface area contributed by atoms with E-state index in [4.69, 9.17) is 19.4 Å². The Labute approximate surface area is 243 Å². The van der Waals surface area contributed by atoms with Gasteiger partial charge in [-0.05, 0) is 51.7 Å². The summed E-state index contributed by atoms with van der Waals surface area (Å²) in [6.07, 6.45) is 0.550. The van der Waals surface area contributed by atoms with E-state index in [1.165, 1.54) is 16.3 Å². The second kappa shape index (κ2) is 10.1. The van der Waals surface area contributed by atoms with Crippen LogP contribution in [0.1, 0.15) is 11.4 Å². The lowest BCUT2D eigenvalue weighted by molar-refractivity contribution is 0.668. The van der Waals surface area contributed by atoms with Crippen molar-refractivity contribution < 1.29 is 4.42 Å². The van der Waals surface area contributed by atoms with Gasteiger partial charge in [-0.25, -0.2) is 15.0 Å². The molecule has 0 atom stereocenters. The van der Waals surface area contributed by atoms with Crippen molar-refractivity contribution in [1.82, 2.24) is 15.0 Å². The number of rotatable bonds is 5. The minimum Gasteiger partial charge on any atom is -0.456 e. The van der Waals surface area contributed by atoms with Crippen molar-refractivity contribution in [1.29, 1.82) is 0 Å². The summed E-state index contributed by atoms with van der Waals surface area (Å²) in [7, 11) is 0. The Kier molecular flexibility index (Phi) is 5.82. The number of benzene rings is 6. The van der Waals surface area contributed by atoms with Crippen LogP contribution in [0.5, 0.6) is 0 Å². The van der Waals surface area contributed by atoms with Crippen LogP contribution in [0.4, 0.5) is 0 Å². The highest BCUT2D eigenvalue weighted by atomic mass is 16.3. The summed E-state index contributed by atoms with van der Waals surface area (Å²) in [5.41, 5.74) is 7.11. The molecule has 0 aliphatic heterocycles. The Hall–Kier alpha value is -5.61. The Morgan fingerprint density at radius 2 is 1.10 bits per heavy atom. The van der Waals surface area contributed by atoms with Gasteiger partial charge in [0.1, 0.15) is 17.0 Å². The summed E-state index contributed by atoms with van der Waals surface area (Å²) in [5, 5.41) is 4.65. The summed E-state index contributed by atoms with van der Waals surface area (Å²) in [5.74, 6) is 2.06. The molecular formula is C38H25N3O. The van der Waals surface area contributed by atoms with E-state index in [2.05, 4.69) is 66.7 Å². The van der Waals surface area contributed by atoms with Crippen LogP contribution in [0.15, 0.2) is 144 Å². The van der Waals surface area contributed by atoms with Crippen LogP contribution in [0.2, 0.25) is 0 Å². The first-order chi connectivity index (χ1) is 20.8. The Morgan fingerprint density at radius 1 is 0.452 bits per heavy atom. The van der Waals surface area contributed by atoms with Gasteiger partial charge >= 0.3 is 0 Å². The number of furan rings is 1. The van der Waals surface area contributed by atoms with E-state index in [9.17, 15) is 0 Å². The summed E-state index contributed by atoms with van der Waals surface area (Å²) in [4.78, 5) is 14.7. The summed E-state index contributed by atoms with van der Waals surface area (Å²) in [6.45, 7) is 0. The van der Waals surface area contributed by atoms with Crippen molar-refractivity contribution in [3.63, 3.8) is 0 Å². The van der Waals surface area contributed by atoms with Gasteiger partial charge in [-0.3, -0.25) is 0 Å². The maximum absolute atomic E-state index is 6.32. The Bertz CT molecular complexity index is 2160. The molecule has 42 heavy (non-hydrogen) atoms. The van der Waals surface area contributed by atoms with Crippen molar-refractivity contribution in [3.05, 3.63) is 151 Å². The average molecular weight is 540 g/mol. The first-order valence-corrected chi connectivity index (χ1v) is 14.1. The van der Waals surface area contributed by atoms with Crippen LogP contribution < -0.4 is 0 Å². The van der Waals surface area contributed by atoms with Gasteiger partial charge in [0.2, 0.25) is 0 Å². The minimum absolute atomic E-state index is 0.550. The molecule has 0 aliphatic carbocycles. The molecular weight excluding hydrogens is 514 g/mol. The summed E-state index contributed by atoms with van der Waals surface area (Å²) in [6, 6.07) is 47.9. The second-order valence-corrected chi connectivity index (χ2v) is 10.5. The van der Waals surface area contributed by atoms with Crippen LogP contribution in [0.3, 0.4) is 0 Å². The minimum atomic E-state index is 0.550. The van der Waals surface area contributed by atoms with Gasteiger partial charge in [-0.15, -0.1) is 0 Å². The SMILES string of the molecule is c1ccc(-c2nc(Cc3cccc4oc5ccc(-c6ccc7ccccc7c6)cc5c34)nc(-c3ccccc3)n2)cc1. The number of aromatic nitrogens is 3. The van der Waals surface area contributed by atoms with E-state index in [1.54, 1.807) is 0 Å². The molecule has 0 saturated heterocycles. The molecule has 0 bridgehead atoms. The summed E-state index contributed by atoms with van der Waals surface area (Å²) < 4.78 is 6.32. The highest BCUT2D eigenvalue weighted by Crippen LogP contribution is 2.36. The topological polar surface area (TPSA) is 51.8 Å². The molecule has 4 nitrogen and oxygen atoms in total. The largest absolute Gasteiger partial charge is 0.456 e. The number of hydrogen-bond acceptors (Lipinski definition) is 4. The summed E-state index contributed by atoms with van der Waals surface area (Å²) >= 11 is 0. The smallest absolute Gasteiger partial charge is 0.163 e. The molecule has 0 fully saturated rings. The van der Waals surface area contributed by atoms with Gasteiger partial charge in [0.15, 0.2) is 11.6 Å². The lowest BCUT2D eigenvalue weighted by Gasteiger charge is -2.09. The van der Waals surface area contributed by atoms with Gasteiger partial charge in [0, 0.05) is 28.3 Å². The van der Waals surface area contributed by atoms with E-state index < -0.39 is 0 Å².